The standard InChI is InChI=1S/C12H19N3O2/c1-12(2,7-13)8-15(3)11(17)10-9(16)5-4-6-14-10/h4-6,16H,7-8,13H2,1-3H3. The first-order valence-corrected chi connectivity index (χ1v) is 5.47. The lowest BCUT2D eigenvalue weighted by Gasteiger charge is -2.28. The van der Waals surface area contributed by atoms with Crippen LogP contribution in [-0.4, -0.2) is 41.0 Å². The van der Waals surface area contributed by atoms with Crippen molar-refractivity contribution >= 4 is 5.91 Å². The number of nitrogens with zero attached hydrogens (tertiary/aromatic N) is 2. The summed E-state index contributed by atoms with van der Waals surface area (Å²) in [6, 6.07) is 3.03. The first kappa shape index (κ1) is 13.4. The molecule has 1 rings (SSSR count). The fourth-order valence-electron chi connectivity index (χ4n) is 1.52. The smallest absolute Gasteiger partial charge is 0.276 e. The summed E-state index contributed by atoms with van der Waals surface area (Å²) in [5, 5.41) is 9.55. The number of carbonyl (C=O) groups excluding carboxylic acids is 1. The molecule has 0 saturated heterocycles. The maximum atomic E-state index is 12.0. The normalized spacial score (nSPS) is 11.3. The van der Waals surface area contributed by atoms with Crippen LogP contribution in [0.5, 0.6) is 5.75 Å². The van der Waals surface area contributed by atoms with Crippen molar-refractivity contribution in [2.75, 3.05) is 20.1 Å². The van der Waals surface area contributed by atoms with Gasteiger partial charge in [0.15, 0.2) is 5.69 Å². The van der Waals surface area contributed by atoms with E-state index in [1.54, 1.807) is 13.1 Å². The summed E-state index contributed by atoms with van der Waals surface area (Å²) in [6.45, 7) is 4.96. The Morgan fingerprint density at radius 3 is 2.76 bits per heavy atom. The molecule has 0 radical (unpaired) electrons. The Morgan fingerprint density at radius 2 is 2.24 bits per heavy atom. The molecule has 0 aliphatic rings. The number of rotatable bonds is 4. The van der Waals surface area contributed by atoms with E-state index in [2.05, 4.69) is 4.98 Å². The number of hydrogen-bond acceptors (Lipinski definition) is 4. The average molecular weight is 237 g/mol. The number of nitrogens with two attached hydrogens (primary N) is 1. The van der Waals surface area contributed by atoms with E-state index in [0.29, 0.717) is 13.1 Å². The fourth-order valence-corrected chi connectivity index (χ4v) is 1.52. The molecule has 94 valence electrons. The van der Waals surface area contributed by atoms with E-state index < -0.39 is 0 Å². The molecule has 5 nitrogen and oxygen atoms in total. The van der Waals surface area contributed by atoms with Gasteiger partial charge < -0.3 is 15.7 Å². The first-order valence-electron chi connectivity index (χ1n) is 5.47. The van der Waals surface area contributed by atoms with Gasteiger partial charge in [-0.05, 0) is 24.1 Å². The van der Waals surface area contributed by atoms with Crippen molar-refractivity contribution in [3.8, 4) is 5.75 Å². The molecule has 5 heteroatoms. The van der Waals surface area contributed by atoms with Gasteiger partial charge in [0, 0.05) is 19.8 Å². The monoisotopic (exact) mass is 237 g/mol. The molecule has 1 heterocycles. The molecule has 0 aliphatic carbocycles. The van der Waals surface area contributed by atoms with E-state index in [4.69, 9.17) is 5.73 Å². The zero-order valence-electron chi connectivity index (χ0n) is 10.5. The highest BCUT2D eigenvalue weighted by Gasteiger charge is 2.23. The minimum Gasteiger partial charge on any atom is -0.505 e. The summed E-state index contributed by atoms with van der Waals surface area (Å²) in [7, 11) is 1.67. The minimum atomic E-state index is -0.301. The van der Waals surface area contributed by atoms with Crippen molar-refractivity contribution < 1.29 is 9.90 Å². The molecular weight excluding hydrogens is 218 g/mol. The lowest BCUT2D eigenvalue weighted by Crippen LogP contribution is -2.40. The maximum Gasteiger partial charge on any atom is 0.276 e. The molecule has 3 N–H and O–H groups in total. The van der Waals surface area contributed by atoms with Crippen LogP contribution in [0.15, 0.2) is 18.3 Å². The Bertz CT molecular complexity index is 404. The molecule has 0 unspecified atom stereocenters. The minimum absolute atomic E-state index is 0.0721. The van der Waals surface area contributed by atoms with Crippen LogP contribution in [0.3, 0.4) is 0 Å². The summed E-state index contributed by atoms with van der Waals surface area (Å²) in [4.78, 5) is 17.4. The van der Waals surface area contributed by atoms with Crippen LogP contribution in [0.2, 0.25) is 0 Å². The maximum absolute atomic E-state index is 12.0. The number of carbonyl (C=O) groups is 1. The van der Waals surface area contributed by atoms with E-state index in [-0.39, 0.29) is 22.8 Å². The Kier molecular flexibility index (Phi) is 4.07. The van der Waals surface area contributed by atoms with Crippen LogP contribution in [0, 0.1) is 5.41 Å². The highest BCUT2D eigenvalue weighted by atomic mass is 16.3. The van der Waals surface area contributed by atoms with Gasteiger partial charge in [-0.25, -0.2) is 4.98 Å². The predicted octanol–water partition coefficient (Wildman–Crippen LogP) is 0.844. The van der Waals surface area contributed by atoms with Gasteiger partial charge in [0.1, 0.15) is 5.75 Å². The van der Waals surface area contributed by atoms with Crippen molar-refractivity contribution in [1.29, 1.82) is 0 Å². The zero-order valence-corrected chi connectivity index (χ0v) is 10.5. The second-order valence-corrected chi connectivity index (χ2v) is 4.90. The molecule has 0 aromatic carbocycles. The molecule has 1 aromatic rings. The Morgan fingerprint density at radius 1 is 1.59 bits per heavy atom. The zero-order chi connectivity index (χ0) is 13.1. The predicted molar refractivity (Wildman–Crippen MR) is 65.7 cm³/mol. The quantitative estimate of drug-likeness (QED) is 0.813. The first-order chi connectivity index (χ1) is 7.87. The molecule has 0 aliphatic heterocycles. The van der Waals surface area contributed by atoms with E-state index in [1.165, 1.54) is 17.2 Å². The number of aromatic hydroxyl groups is 1. The molecule has 0 bridgehead atoms. The molecule has 0 spiro atoms. The van der Waals surface area contributed by atoms with Gasteiger partial charge in [-0.3, -0.25) is 4.79 Å². The molecule has 1 aromatic heterocycles. The lowest BCUT2D eigenvalue weighted by atomic mass is 9.93. The van der Waals surface area contributed by atoms with Crippen LogP contribution in [0.4, 0.5) is 0 Å². The molecule has 17 heavy (non-hydrogen) atoms. The highest BCUT2D eigenvalue weighted by Crippen LogP contribution is 2.18. The van der Waals surface area contributed by atoms with Gasteiger partial charge in [-0.1, -0.05) is 13.8 Å². The van der Waals surface area contributed by atoms with Crippen LogP contribution >= 0.6 is 0 Å². The second-order valence-electron chi connectivity index (χ2n) is 4.90. The molecular formula is C12H19N3O2. The van der Waals surface area contributed by atoms with E-state index in [0.717, 1.165) is 0 Å². The van der Waals surface area contributed by atoms with Gasteiger partial charge in [0.25, 0.3) is 5.91 Å². The van der Waals surface area contributed by atoms with Gasteiger partial charge >= 0.3 is 0 Å². The van der Waals surface area contributed by atoms with Crippen molar-refractivity contribution in [3.05, 3.63) is 24.0 Å². The molecule has 0 fully saturated rings. The van der Waals surface area contributed by atoms with Crippen LogP contribution in [0.1, 0.15) is 24.3 Å². The topological polar surface area (TPSA) is 79.5 Å². The number of aromatic nitrogens is 1. The molecule has 0 saturated carbocycles. The van der Waals surface area contributed by atoms with Crippen molar-refractivity contribution in [1.82, 2.24) is 9.88 Å². The Hall–Kier alpha value is -1.62. The van der Waals surface area contributed by atoms with Gasteiger partial charge in [-0.15, -0.1) is 0 Å². The van der Waals surface area contributed by atoms with Crippen LogP contribution in [-0.2, 0) is 0 Å². The highest BCUT2D eigenvalue weighted by molar-refractivity contribution is 5.94. The van der Waals surface area contributed by atoms with Gasteiger partial charge in [0.05, 0.1) is 0 Å². The van der Waals surface area contributed by atoms with Gasteiger partial charge in [0.2, 0.25) is 0 Å². The van der Waals surface area contributed by atoms with Crippen LogP contribution in [0.25, 0.3) is 0 Å². The molecule has 0 atom stereocenters. The van der Waals surface area contributed by atoms with Crippen molar-refractivity contribution in [3.63, 3.8) is 0 Å². The number of hydrogen-bond donors (Lipinski definition) is 2. The number of pyridine rings is 1. The van der Waals surface area contributed by atoms with Crippen molar-refractivity contribution in [2.45, 2.75) is 13.8 Å². The Balaban J connectivity index is 2.81. The largest absolute Gasteiger partial charge is 0.505 e. The summed E-state index contributed by atoms with van der Waals surface area (Å²) in [6.07, 6.45) is 1.48. The summed E-state index contributed by atoms with van der Waals surface area (Å²) in [5.74, 6) is -0.403. The van der Waals surface area contributed by atoms with Crippen LogP contribution < -0.4 is 5.73 Å². The lowest BCUT2D eigenvalue weighted by molar-refractivity contribution is 0.0731. The van der Waals surface area contributed by atoms with Gasteiger partial charge in [-0.2, -0.15) is 0 Å². The SMILES string of the molecule is CN(CC(C)(C)CN)C(=O)c1ncccc1O. The Labute approximate surface area is 101 Å². The summed E-state index contributed by atoms with van der Waals surface area (Å²) in [5.41, 5.74) is 5.53. The van der Waals surface area contributed by atoms with E-state index >= 15 is 0 Å². The number of amides is 1. The third kappa shape index (κ3) is 3.42. The third-order valence-electron chi connectivity index (χ3n) is 2.55. The summed E-state index contributed by atoms with van der Waals surface area (Å²) >= 11 is 0. The third-order valence-corrected chi connectivity index (χ3v) is 2.55. The van der Waals surface area contributed by atoms with Crippen molar-refractivity contribution in [2.24, 2.45) is 11.1 Å². The summed E-state index contributed by atoms with van der Waals surface area (Å²) < 4.78 is 0. The fraction of sp³-hybridized carbons (Fsp3) is 0.500. The average Bonchev–Trinajstić information content (AvgIpc) is 2.28. The second kappa shape index (κ2) is 5.14. The molecule has 1 amide bonds. The van der Waals surface area contributed by atoms with E-state index in [9.17, 15) is 9.90 Å². The van der Waals surface area contributed by atoms with E-state index in [1.807, 2.05) is 13.8 Å².